The van der Waals surface area contributed by atoms with Crippen molar-refractivity contribution in [3.05, 3.63) is 55.8 Å². The second kappa shape index (κ2) is 4.89. The number of H-pyrrole nitrogens is 2. The molecule has 0 saturated carbocycles. The SMILES string of the molecule is O=c1[nH]cc(-c2nc(-c3ccc(Br)cc3)no2)c(=O)[nH]1. The molecule has 0 unspecified atom stereocenters. The molecule has 3 rings (SSSR count). The molecule has 0 spiro atoms. The zero-order chi connectivity index (χ0) is 14.1. The van der Waals surface area contributed by atoms with Crippen molar-refractivity contribution in [2.75, 3.05) is 0 Å². The van der Waals surface area contributed by atoms with Crippen LogP contribution in [0.25, 0.3) is 22.8 Å². The highest BCUT2D eigenvalue weighted by atomic mass is 79.9. The third-order valence-electron chi connectivity index (χ3n) is 2.58. The van der Waals surface area contributed by atoms with Crippen LogP contribution in [0.1, 0.15) is 0 Å². The Morgan fingerprint density at radius 3 is 2.60 bits per heavy atom. The van der Waals surface area contributed by atoms with Crippen LogP contribution in [-0.2, 0) is 0 Å². The van der Waals surface area contributed by atoms with Crippen LogP contribution in [0.4, 0.5) is 0 Å². The van der Waals surface area contributed by atoms with E-state index < -0.39 is 11.2 Å². The molecule has 3 aromatic rings. The molecule has 2 N–H and O–H groups in total. The second-order valence-electron chi connectivity index (χ2n) is 3.92. The number of aromatic amines is 2. The fraction of sp³-hybridized carbons (Fsp3) is 0. The van der Waals surface area contributed by atoms with Gasteiger partial charge < -0.3 is 9.51 Å². The fourth-order valence-corrected chi connectivity index (χ4v) is 1.88. The molecule has 0 atom stereocenters. The van der Waals surface area contributed by atoms with E-state index >= 15 is 0 Å². The number of nitrogens with zero attached hydrogens (tertiary/aromatic N) is 2. The largest absolute Gasteiger partial charge is 0.333 e. The first-order valence-electron chi connectivity index (χ1n) is 5.55. The van der Waals surface area contributed by atoms with Crippen molar-refractivity contribution in [1.29, 1.82) is 0 Å². The molecule has 2 heterocycles. The first-order chi connectivity index (χ1) is 9.63. The fourth-order valence-electron chi connectivity index (χ4n) is 1.62. The van der Waals surface area contributed by atoms with Crippen LogP contribution >= 0.6 is 15.9 Å². The summed E-state index contributed by atoms with van der Waals surface area (Å²) in [6.07, 6.45) is 1.24. The smallest absolute Gasteiger partial charge is 0.325 e. The molecule has 2 aromatic heterocycles. The highest BCUT2D eigenvalue weighted by Gasteiger charge is 2.13. The van der Waals surface area contributed by atoms with Gasteiger partial charge in [-0.05, 0) is 24.3 Å². The molecule has 0 radical (unpaired) electrons. The summed E-state index contributed by atoms with van der Waals surface area (Å²) >= 11 is 3.33. The number of rotatable bonds is 2. The maximum absolute atomic E-state index is 11.6. The summed E-state index contributed by atoms with van der Waals surface area (Å²) < 4.78 is 5.97. The van der Waals surface area contributed by atoms with Gasteiger partial charge in [-0.25, -0.2) is 4.79 Å². The van der Waals surface area contributed by atoms with Gasteiger partial charge in [0.25, 0.3) is 11.4 Å². The summed E-state index contributed by atoms with van der Waals surface area (Å²) in [4.78, 5) is 31.2. The Kier molecular flexibility index (Phi) is 3.07. The highest BCUT2D eigenvalue weighted by Crippen LogP contribution is 2.21. The van der Waals surface area contributed by atoms with E-state index in [4.69, 9.17) is 4.52 Å². The monoisotopic (exact) mass is 334 g/mol. The van der Waals surface area contributed by atoms with Gasteiger partial charge in [0.2, 0.25) is 5.82 Å². The molecule has 0 aliphatic rings. The molecule has 7 nitrogen and oxygen atoms in total. The van der Waals surface area contributed by atoms with Crippen molar-refractivity contribution in [2.45, 2.75) is 0 Å². The van der Waals surface area contributed by atoms with Gasteiger partial charge in [-0.2, -0.15) is 4.98 Å². The summed E-state index contributed by atoms with van der Waals surface area (Å²) in [6, 6.07) is 7.32. The topological polar surface area (TPSA) is 105 Å². The molecule has 0 amide bonds. The lowest BCUT2D eigenvalue weighted by atomic mass is 10.2. The Morgan fingerprint density at radius 1 is 1.15 bits per heavy atom. The van der Waals surface area contributed by atoms with Crippen molar-refractivity contribution >= 4 is 15.9 Å². The van der Waals surface area contributed by atoms with Crippen LogP contribution in [0.3, 0.4) is 0 Å². The standard InChI is InChI=1S/C12H7BrN4O3/c13-7-3-1-6(2-4-7)9-15-11(20-17-9)8-5-14-12(19)16-10(8)18/h1-5H,(H2,14,16,18,19). The van der Waals surface area contributed by atoms with E-state index in [1.165, 1.54) is 6.20 Å². The van der Waals surface area contributed by atoms with Gasteiger partial charge in [-0.1, -0.05) is 21.1 Å². The average molecular weight is 335 g/mol. The van der Waals surface area contributed by atoms with Gasteiger partial charge in [-0.3, -0.25) is 9.78 Å². The number of halogens is 1. The first kappa shape index (κ1) is 12.5. The third kappa shape index (κ3) is 2.32. The summed E-state index contributed by atoms with van der Waals surface area (Å²) in [5.41, 5.74) is -0.310. The predicted octanol–water partition coefficient (Wildman–Crippen LogP) is 1.54. The number of aromatic nitrogens is 4. The molecule has 0 saturated heterocycles. The van der Waals surface area contributed by atoms with Crippen LogP contribution in [-0.4, -0.2) is 20.1 Å². The van der Waals surface area contributed by atoms with Gasteiger partial charge in [0, 0.05) is 16.2 Å². The first-order valence-corrected chi connectivity index (χ1v) is 6.35. The zero-order valence-corrected chi connectivity index (χ0v) is 11.5. The number of hydrogen-bond donors (Lipinski definition) is 2. The lowest BCUT2D eigenvalue weighted by Crippen LogP contribution is -2.22. The lowest BCUT2D eigenvalue weighted by molar-refractivity contribution is 0.431. The summed E-state index contributed by atoms with van der Waals surface area (Å²) in [5.74, 6) is 0.401. The molecule has 8 heteroatoms. The van der Waals surface area contributed by atoms with Gasteiger partial charge in [0.1, 0.15) is 5.56 Å². The van der Waals surface area contributed by atoms with Crippen molar-refractivity contribution in [3.8, 4) is 22.8 Å². The Balaban J connectivity index is 2.04. The zero-order valence-electron chi connectivity index (χ0n) is 9.88. The predicted molar refractivity (Wildman–Crippen MR) is 74.1 cm³/mol. The van der Waals surface area contributed by atoms with Crippen molar-refractivity contribution in [3.63, 3.8) is 0 Å². The third-order valence-corrected chi connectivity index (χ3v) is 3.11. The molecule has 0 bridgehead atoms. The molecular formula is C12H7BrN4O3. The van der Waals surface area contributed by atoms with Crippen molar-refractivity contribution in [1.82, 2.24) is 20.1 Å². The molecule has 100 valence electrons. The normalized spacial score (nSPS) is 10.7. The Hall–Kier alpha value is -2.48. The molecule has 0 aliphatic heterocycles. The van der Waals surface area contributed by atoms with Gasteiger partial charge in [0.15, 0.2) is 0 Å². The van der Waals surface area contributed by atoms with E-state index in [2.05, 4.69) is 36.0 Å². The van der Waals surface area contributed by atoms with Crippen LogP contribution in [0.2, 0.25) is 0 Å². The number of hydrogen-bond acceptors (Lipinski definition) is 5. The Bertz CT molecular complexity index is 863. The number of benzene rings is 1. The van der Waals surface area contributed by atoms with Crippen LogP contribution < -0.4 is 11.2 Å². The average Bonchev–Trinajstić information content (AvgIpc) is 2.89. The maximum Gasteiger partial charge on any atom is 0.325 e. The number of nitrogens with one attached hydrogen (secondary N) is 2. The van der Waals surface area contributed by atoms with Crippen LogP contribution in [0, 0.1) is 0 Å². The minimum atomic E-state index is -0.591. The van der Waals surface area contributed by atoms with Crippen LogP contribution in [0.5, 0.6) is 0 Å². The Labute approximate surface area is 119 Å². The highest BCUT2D eigenvalue weighted by molar-refractivity contribution is 9.10. The maximum atomic E-state index is 11.6. The summed E-state index contributed by atoms with van der Waals surface area (Å²) in [6.45, 7) is 0. The minimum Gasteiger partial charge on any atom is -0.333 e. The quantitative estimate of drug-likeness (QED) is 0.739. The van der Waals surface area contributed by atoms with E-state index in [0.717, 1.165) is 10.0 Å². The van der Waals surface area contributed by atoms with E-state index in [0.29, 0.717) is 5.82 Å². The Morgan fingerprint density at radius 2 is 1.90 bits per heavy atom. The second-order valence-corrected chi connectivity index (χ2v) is 4.83. The van der Waals surface area contributed by atoms with Crippen LogP contribution in [0.15, 0.2) is 49.0 Å². The lowest BCUT2D eigenvalue weighted by Gasteiger charge is -1.93. The van der Waals surface area contributed by atoms with Gasteiger partial charge >= 0.3 is 5.69 Å². The van der Waals surface area contributed by atoms with Crippen molar-refractivity contribution < 1.29 is 4.52 Å². The van der Waals surface area contributed by atoms with E-state index in [-0.39, 0.29) is 11.5 Å². The van der Waals surface area contributed by atoms with Gasteiger partial charge in [0.05, 0.1) is 0 Å². The van der Waals surface area contributed by atoms with E-state index in [9.17, 15) is 9.59 Å². The van der Waals surface area contributed by atoms with E-state index in [1.54, 1.807) is 0 Å². The summed E-state index contributed by atoms with van der Waals surface area (Å²) in [7, 11) is 0. The molecule has 20 heavy (non-hydrogen) atoms. The molecule has 1 aromatic carbocycles. The molecule has 0 aliphatic carbocycles. The molecular weight excluding hydrogens is 328 g/mol. The summed E-state index contributed by atoms with van der Waals surface area (Å²) in [5, 5.41) is 3.81. The van der Waals surface area contributed by atoms with Gasteiger partial charge in [-0.15, -0.1) is 0 Å². The van der Waals surface area contributed by atoms with Crippen molar-refractivity contribution in [2.24, 2.45) is 0 Å². The minimum absolute atomic E-state index is 0.0421. The van der Waals surface area contributed by atoms with E-state index in [1.807, 2.05) is 24.3 Å². The molecule has 0 fully saturated rings.